The maximum atomic E-state index is 8.64. The van der Waals surface area contributed by atoms with E-state index in [0.29, 0.717) is 0 Å². The minimum Gasteiger partial charge on any atom is -1.00 e. The first kappa shape index (κ1) is 410. The van der Waals surface area contributed by atoms with E-state index in [1.165, 1.54) is 0 Å². The van der Waals surface area contributed by atoms with Crippen molar-refractivity contribution in [3.63, 3.8) is 0 Å². The van der Waals surface area contributed by atoms with Gasteiger partial charge in [-0.2, -0.15) is 0 Å². The van der Waals surface area contributed by atoms with Crippen molar-refractivity contribution in [2.45, 2.75) is 52.0 Å². The summed E-state index contributed by atoms with van der Waals surface area (Å²) >= 11 is 0. The van der Waals surface area contributed by atoms with Gasteiger partial charge < -0.3 is 52.6 Å². The molecule has 19 nitrogen and oxygen atoms in total. The summed E-state index contributed by atoms with van der Waals surface area (Å²) in [6.07, 6.45) is 0. The molecule has 39 heavy (non-hydrogen) atoms. The summed E-state index contributed by atoms with van der Waals surface area (Å²) in [5.41, 5.74) is 0. The van der Waals surface area contributed by atoms with E-state index >= 15 is 0 Å². The predicted octanol–water partition coefficient (Wildman–Crippen LogP) is -36.3. The molecule has 0 heterocycles. The number of carbonyl (C=O) groups excluding carboxylic acids is 1. The Hall–Kier alpha value is 5.16. The molecule has 0 unspecified atom stereocenters. The minimum atomic E-state index is -0.181. The van der Waals surface area contributed by atoms with Crippen LogP contribution < -0.4 is 263 Å². The molecule has 6 N–H and O–H groups in total. The van der Waals surface area contributed by atoms with Crippen LogP contribution in [-0.2, 0) is 9.68 Å². The normalized spacial score (nSPS) is 1.21. The fourth-order valence-corrected chi connectivity index (χ4v) is 0. The molecule has 200 valence electrons. The third-order valence-corrected chi connectivity index (χ3v) is 0.0393. The first-order valence-corrected chi connectivity index (χ1v) is 1.64. The number of carbonyl (C=O) groups is 1. The average molecular weight is 558 g/mol. The first-order chi connectivity index (χ1) is 7.91. The molecule has 0 aliphatic carbocycles. The van der Waals surface area contributed by atoms with E-state index < -0.39 is 0 Å². The van der Waals surface area contributed by atoms with Crippen LogP contribution in [0.15, 0.2) is 0 Å². The largest absolute Gasteiger partial charge is 1.00 e. The average Bonchev–Trinajstić information content (AvgIpc) is 2.51. The summed E-state index contributed by atoms with van der Waals surface area (Å²) in [7, 11) is 0. The molecular weight excluding hydrogens is 515 g/mol. The van der Waals surface area contributed by atoms with Crippen LogP contribution >= 0.6 is 0 Å². The van der Waals surface area contributed by atoms with Gasteiger partial charge >= 0.3 is 248 Å². The Kier molecular flexibility index (Phi) is 15700. The van der Waals surface area contributed by atoms with Crippen molar-refractivity contribution in [1.82, 2.24) is 0 Å². The molecule has 0 spiro atoms. The predicted molar refractivity (Wildman–Crippen MR) is 107 cm³/mol. The molecule has 0 radical (unpaired) electrons. The third-order valence-electron chi connectivity index (χ3n) is 0.0393. The van der Waals surface area contributed by atoms with Gasteiger partial charge in [-0.15, -0.1) is 0 Å². The Morgan fingerprint density at radius 1 is 0.410 bits per heavy atom. The molecule has 0 aromatic carbocycles. The van der Waals surface area contributed by atoms with Gasteiger partial charge in [0.25, 0.3) is 6.47 Å². The molecule has 0 rings (SSSR count). The van der Waals surface area contributed by atoms with E-state index in [1.54, 1.807) is 0 Å². The second kappa shape index (κ2) is 1500. The zero-order chi connectivity index (χ0) is 15.4. The monoisotopic (exact) mass is 558 g/mol. The Balaban J connectivity index is -0.000000000534. The van der Waals surface area contributed by atoms with Crippen LogP contribution in [0, 0.1) is 49.6 Å². The van der Waals surface area contributed by atoms with Crippen LogP contribution in [0.25, 0.3) is 0 Å². The van der Waals surface area contributed by atoms with E-state index in [4.69, 9.17) is 70.2 Å². The molecule has 0 aromatic rings. The number of rotatable bonds is 1. The Morgan fingerprint density at radius 3 is 0.436 bits per heavy atom. The van der Waals surface area contributed by atoms with Gasteiger partial charge in [0.05, 0.1) is 0 Å². The zero-order valence-electron chi connectivity index (χ0n) is 27.6. The quantitative estimate of drug-likeness (QED) is 0.125. The number of hydrogen-bond donors (Lipinski definition) is 0. The summed E-state index contributed by atoms with van der Waals surface area (Å²) in [6, 6.07) is 0. The van der Waals surface area contributed by atoms with Crippen molar-refractivity contribution in [3.8, 4) is 0 Å². The van der Waals surface area contributed by atoms with E-state index in [0.717, 1.165) is 0 Å². The Bertz CT molecular complexity index is 138. The summed E-state index contributed by atoms with van der Waals surface area (Å²) in [6.45, 7) is -0.181. The van der Waals surface area contributed by atoms with Crippen molar-refractivity contribution in [1.29, 1.82) is 0 Å². The Morgan fingerprint density at radius 2 is 0.436 bits per heavy atom. The second-order valence-corrected chi connectivity index (χ2v) is 0.192. The van der Waals surface area contributed by atoms with Crippen molar-refractivity contribution in [3.05, 3.63) is 49.6 Å². The minimum absolute atomic E-state index is 0. The van der Waals surface area contributed by atoms with Crippen molar-refractivity contribution < 1.29 is 305 Å². The molecule has 0 amide bonds. The maximum absolute atomic E-state index is 8.64. The molecule has 31 heteroatoms. The fourth-order valence-electron chi connectivity index (χ4n) is 0. The summed E-state index contributed by atoms with van der Waals surface area (Å²) in [5, 5.41) is 22.4. The van der Waals surface area contributed by atoms with E-state index in [-0.39, 0.29) is 338 Å². The molecule has 0 atom stereocenters. The van der Waals surface area contributed by atoms with Gasteiger partial charge in [0.2, 0.25) is 0 Å². The fraction of sp³-hybridized carbons (Fsp3) is 0.875. The van der Waals surface area contributed by atoms with Crippen LogP contribution in [0.2, 0.25) is 0 Å². The van der Waals surface area contributed by atoms with Gasteiger partial charge in [0, 0.05) is 49.6 Å². The van der Waals surface area contributed by atoms with Crippen LogP contribution in [-0.4, -0.2) is 28.4 Å². The molecule has 0 bridgehead atoms. The van der Waals surface area contributed by atoms with Gasteiger partial charge in [0.15, 0.2) is 0 Å². The molecule has 0 fully saturated rings. The third kappa shape index (κ3) is 1920. The molecule has 0 saturated heterocycles. The maximum Gasteiger partial charge on any atom is 1.00 e. The van der Waals surface area contributed by atoms with Gasteiger partial charge in [-0.25, -0.2) is 0 Å². The molecule has 0 aromatic heterocycles. The first-order valence-electron chi connectivity index (χ1n) is 1.64. The van der Waals surface area contributed by atoms with E-state index in [2.05, 4.69) is 4.89 Å². The summed E-state index contributed by atoms with van der Waals surface area (Å²) in [4.78, 5) is 81.2. The van der Waals surface area contributed by atoms with Gasteiger partial charge in [-0.1, -0.05) is 52.0 Å². The van der Waals surface area contributed by atoms with Crippen molar-refractivity contribution >= 4 is 6.47 Å². The topological polar surface area (TPSA) is 389 Å². The van der Waals surface area contributed by atoms with Gasteiger partial charge in [-0.3, -0.25) is 4.79 Å². The standard InChI is InChI=1S/CH2O3.7CH4.10Li.2Na.6O2.4H2O.7H/c2-1-4-3;;;;;;;;;;;;;;;;;;;;6*1-2;;;;;;;;;;;/h1,3H;7*1H4;;;;;;;;;;;;;;;;;;;4*1H2;;;;;;;/q;;;;;;;;12*+1;;;;;;-2;;;;;7*-1/p-3. The van der Waals surface area contributed by atoms with Crippen LogP contribution in [0.3, 0.4) is 0 Å². The van der Waals surface area contributed by atoms with E-state index in [9.17, 15) is 0 Å². The summed E-state index contributed by atoms with van der Waals surface area (Å²) < 4.78 is 0. The number of hydrogen-bond acceptors (Lipinski definition) is 17. The van der Waals surface area contributed by atoms with Crippen LogP contribution in [0.5, 0.6) is 0 Å². The molecule has 0 aliphatic rings. The SMILES string of the molecule is C.C.C.C.C.C.C.O.O.O=CO[O-].O=O.O=O.O=O.O=O.O=O.[H-].[H-].[H-].[H-].[H-].[H-].[H-].[Li+].[Li+].[Li+].[Li+].[Li+].[Li+].[Li+].[Li+].[Li+].[Li+].[Na+].[Na+].[O-][O-].[OH-].[OH-]. The molecule has 0 saturated carbocycles. The second-order valence-electron chi connectivity index (χ2n) is 0.192. The molecule has 0 aliphatic heterocycles. The summed E-state index contributed by atoms with van der Waals surface area (Å²) in [5.74, 6) is 0. The van der Waals surface area contributed by atoms with E-state index in [1.807, 2.05) is 0 Å². The zero-order valence-corrected chi connectivity index (χ0v) is 24.6. The van der Waals surface area contributed by atoms with Gasteiger partial charge in [-0.05, 0) is 0 Å². The van der Waals surface area contributed by atoms with Crippen molar-refractivity contribution in [2.75, 3.05) is 0 Å². The van der Waals surface area contributed by atoms with Crippen molar-refractivity contribution in [2.24, 2.45) is 0 Å². The smallest absolute Gasteiger partial charge is 1.00 e. The van der Waals surface area contributed by atoms with Crippen LogP contribution in [0.4, 0.5) is 0 Å². The van der Waals surface area contributed by atoms with Crippen LogP contribution in [0.1, 0.15) is 62.0 Å². The van der Waals surface area contributed by atoms with Gasteiger partial charge in [0.1, 0.15) is 0 Å². The Labute approximate surface area is 407 Å². The molecular formula is C8H42Li10Na2O19.